The van der Waals surface area contributed by atoms with Crippen LogP contribution in [-0.2, 0) is 0 Å². The average Bonchev–Trinajstić information content (AvgIpc) is 2.18. The van der Waals surface area contributed by atoms with Crippen molar-refractivity contribution in [2.24, 2.45) is 0 Å². The summed E-state index contributed by atoms with van der Waals surface area (Å²) < 4.78 is 0. The molecule has 0 atom stereocenters. The molecule has 0 aromatic carbocycles. The second kappa shape index (κ2) is 3.72. The third-order valence-corrected chi connectivity index (χ3v) is 1.98. The summed E-state index contributed by atoms with van der Waals surface area (Å²) in [7, 11) is 0. The second-order valence-electron chi connectivity index (χ2n) is 2.96. The van der Waals surface area contributed by atoms with Crippen molar-refractivity contribution in [1.29, 1.82) is 0 Å². The molecular weight excluding hydrogens is 198 g/mol. The molecule has 0 amide bonds. The molecule has 70 valence electrons. The molecular formula is C10H8ClN3. The topological polar surface area (TPSA) is 38.7 Å². The zero-order valence-corrected chi connectivity index (χ0v) is 8.36. The third-order valence-electron chi connectivity index (χ3n) is 1.80. The van der Waals surface area contributed by atoms with Gasteiger partial charge in [0.2, 0.25) is 5.28 Å². The van der Waals surface area contributed by atoms with Crippen LogP contribution in [0.2, 0.25) is 5.28 Å². The van der Waals surface area contributed by atoms with Gasteiger partial charge in [0.1, 0.15) is 0 Å². The van der Waals surface area contributed by atoms with Gasteiger partial charge in [0.25, 0.3) is 0 Å². The lowest BCUT2D eigenvalue weighted by Crippen LogP contribution is -1.88. The lowest BCUT2D eigenvalue weighted by molar-refractivity contribution is 1.16. The molecule has 0 N–H and O–H groups in total. The zero-order chi connectivity index (χ0) is 9.97. The first-order valence-corrected chi connectivity index (χ1v) is 4.54. The number of hydrogen-bond donors (Lipinski definition) is 0. The van der Waals surface area contributed by atoms with Crippen molar-refractivity contribution < 1.29 is 0 Å². The largest absolute Gasteiger partial charge is 0.264 e. The maximum absolute atomic E-state index is 5.69. The van der Waals surface area contributed by atoms with Crippen LogP contribution in [0.4, 0.5) is 0 Å². The van der Waals surface area contributed by atoms with E-state index in [1.54, 1.807) is 18.6 Å². The van der Waals surface area contributed by atoms with Crippen molar-refractivity contribution in [2.45, 2.75) is 6.92 Å². The van der Waals surface area contributed by atoms with Gasteiger partial charge in [-0.1, -0.05) is 0 Å². The van der Waals surface area contributed by atoms with Crippen molar-refractivity contribution in [2.75, 3.05) is 0 Å². The van der Waals surface area contributed by atoms with Crippen molar-refractivity contribution >= 4 is 11.6 Å². The van der Waals surface area contributed by atoms with Crippen LogP contribution in [0.25, 0.3) is 11.3 Å². The molecule has 0 saturated heterocycles. The number of halogens is 1. The fraction of sp³-hybridized carbons (Fsp3) is 0.100. The van der Waals surface area contributed by atoms with Crippen LogP contribution in [-0.4, -0.2) is 15.0 Å². The van der Waals surface area contributed by atoms with Crippen LogP contribution in [0, 0.1) is 6.92 Å². The highest BCUT2D eigenvalue weighted by Gasteiger charge is 2.00. The summed E-state index contributed by atoms with van der Waals surface area (Å²) >= 11 is 5.69. The molecule has 0 aliphatic rings. The number of aryl methyl sites for hydroxylation is 1. The van der Waals surface area contributed by atoms with Crippen molar-refractivity contribution in [3.05, 3.63) is 41.6 Å². The minimum atomic E-state index is 0.254. The van der Waals surface area contributed by atoms with Gasteiger partial charge in [-0.25, -0.2) is 9.97 Å². The molecule has 0 fully saturated rings. The Hall–Kier alpha value is -1.48. The number of nitrogens with zero attached hydrogens (tertiary/aromatic N) is 3. The van der Waals surface area contributed by atoms with Gasteiger partial charge in [-0.3, -0.25) is 4.98 Å². The Morgan fingerprint density at radius 1 is 1.29 bits per heavy atom. The van der Waals surface area contributed by atoms with E-state index >= 15 is 0 Å². The molecule has 4 heteroatoms. The van der Waals surface area contributed by atoms with Gasteiger partial charge in [-0.05, 0) is 36.2 Å². The highest BCUT2D eigenvalue weighted by atomic mass is 35.5. The summed E-state index contributed by atoms with van der Waals surface area (Å²) in [5.41, 5.74) is 2.84. The van der Waals surface area contributed by atoms with Crippen LogP contribution in [0.3, 0.4) is 0 Å². The quantitative estimate of drug-likeness (QED) is 0.672. The Morgan fingerprint density at radius 3 is 2.86 bits per heavy atom. The molecule has 2 aromatic heterocycles. The number of hydrogen-bond acceptors (Lipinski definition) is 3. The molecule has 0 radical (unpaired) electrons. The van der Waals surface area contributed by atoms with E-state index < -0.39 is 0 Å². The Morgan fingerprint density at radius 2 is 2.14 bits per heavy atom. The van der Waals surface area contributed by atoms with E-state index in [4.69, 9.17) is 11.6 Å². The standard InChI is InChI=1S/C10H8ClN3/c1-7-4-8(6-12-5-7)9-2-3-13-10(11)14-9/h2-6H,1H3. The monoisotopic (exact) mass is 205 g/mol. The van der Waals surface area contributed by atoms with E-state index in [-0.39, 0.29) is 5.28 Å². The van der Waals surface area contributed by atoms with Crippen molar-refractivity contribution in [3.8, 4) is 11.3 Å². The summed E-state index contributed by atoms with van der Waals surface area (Å²) in [6.45, 7) is 1.99. The molecule has 0 aliphatic carbocycles. The van der Waals surface area contributed by atoms with E-state index in [0.717, 1.165) is 16.8 Å². The van der Waals surface area contributed by atoms with Gasteiger partial charge in [-0.2, -0.15) is 0 Å². The molecule has 2 heterocycles. The van der Waals surface area contributed by atoms with Crippen molar-refractivity contribution in [3.63, 3.8) is 0 Å². The summed E-state index contributed by atoms with van der Waals surface area (Å²) in [5.74, 6) is 0. The fourth-order valence-corrected chi connectivity index (χ4v) is 1.34. The molecule has 3 nitrogen and oxygen atoms in total. The molecule has 0 bridgehead atoms. The summed E-state index contributed by atoms with van der Waals surface area (Å²) in [6, 6.07) is 3.81. The maximum Gasteiger partial charge on any atom is 0.222 e. The second-order valence-corrected chi connectivity index (χ2v) is 3.30. The van der Waals surface area contributed by atoms with Gasteiger partial charge in [0.05, 0.1) is 5.69 Å². The van der Waals surface area contributed by atoms with E-state index in [9.17, 15) is 0 Å². The Labute approximate surface area is 86.8 Å². The Kier molecular flexibility index (Phi) is 2.41. The van der Waals surface area contributed by atoms with Crippen LogP contribution in [0.15, 0.2) is 30.7 Å². The minimum absolute atomic E-state index is 0.254. The lowest BCUT2D eigenvalue weighted by atomic mass is 10.1. The van der Waals surface area contributed by atoms with E-state index in [2.05, 4.69) is 15.0 Å². The predicted octanol–water partition coefficient (Wildman–Crippen LogP) is 2.50. The number of aromatic nitrogens is 3. The SMILES string of the molecule is Cc1cncc(-c2ccnc(Cl)n2)c1. The highest BCUT2D eigenvalue weighted by Crippen LogP contribution is 2.17. The predicted molar refractivity (Wildman–Crippen MR) is 55.0 cm³/mol. The molecule has 0 aliphatic heterocycles. The van der Waals surface area contributed by atoms with Gasteiger partial charge in [0.15, 0.2) is 0 Å². The smallest absolute Gasteiger partial charge is 0.222 e. The Bertz CT molecular complexity index is 413. The van der Waals surface area contributed by atoms with Crippen LogP contribution >= 0.6 is 11.6 Å². The first-order chi connectivity index (χ1) is 6.75. The first-order valence-electron chi connectivity index (χ1n) is 4.16. The number of pyridine rings is 1. The molecule has 0 saturated carbocycles. The van der Waals surface area contributed by atoms with Gasteiger partial charge in [0, 0.05) is 24.2 Å². The van der Waals surface area contributed by atoms with E-state index in [0.29, 0.717) is 0 Å². The van der Waals surface area contributed by atoms with Crippen LogP contribution < -0.4 is 0 Å². The molecule has 0 spiro atoms. The normalized spacial score (nSPS) is 10.1. The van der Waals surface area contributed by atoms with Gasteiger partial charge >= 0.3 is 0 Å². The number of rotatable bonds is 1. The minimum Gasteiger partial charge on any atom is -0.264 e. The van der Waals surface area contributed by atoms with Crippen LogP contribution in [0.5, 0.6) is 0 Å². The molecule has 2 rings (SSSR count). The molecule has 0 unspecified atom stereocenters. The Balaban J connectivity index is 2.49. The van der Waals surface area contributed by atoms with Gasteiger partial charge < -0.3 is 0 Å². The molecule has 14 heavy (non-hydrogen) atoms. The van der Waals surface area contributed by atoms with Crippen molar-refractivity contribution in [1.82, 2.24) is 15.0 Å². The fourth-order valence-electron chi connectivity index (χ4n) is 1.19. The van der Waals surface area contributed by atoms with Crippen LogP contribution in [0.1, 0.15) is 5.56 Å². The lowest BCUT2D eigenvalue weighted by Gasteiger charge is -2.00. The maximum atomic E-state index is 5.69. The average molecular weight is 206 g/mol. The van der Waals surface area contributed by atoms with E-state index in [1.807, 2.05) is 19.1 Å². The summed E-state index contributed by atoms with van der Waals surface area (Å²) in [5, 5.41) is 0.254. The molecule has 2 aromatic rings. The third kappa shape index (κ3) is 1.88. The van der Waals surface area contributed by atoms with Gasteiger partial charge in [-0.15, -0.1) is 0 Å². The first kappa shape index (κ1) is 9.09. The summed E-state index contributed by atoms with van der Waals surface area (Å²) in [6.07, 6.45) is 5.19. The van der Waals surface area contributed by atoms with E-state index in [1.165, 1.54) is 0 Å². The summed E-state index contributed by atoms with van der Waals surface area (Å²) in [4.78, 5) is 12.0. The zero-order valence-electron chi connectivity index (χ0n) is 7.61. The highest BCUT2D eigenvalue weighted by molar-refractivity contribution is 6.28.